The smallest absolute Gasteiger partial charge is 0.327 e. The first-order chi connectivity index (χ1) is 18.4. The number of aromatic nitrogens is 2. The van der Waals surface area contributed by atoms with Gasteiger partial charge in [0.1, 0.15) is 21.8 Å². The van der Waals surface area contributed by atoms with Crippen molar-refractivity contribution in [3.05, 3.63) is 107 Å². The fourth-order valence-corrected chi connectivity index (χ4v) is 5.56. The molecule has 1 aliphatic heterocycles. The van der Waals surface area contributed by atoms with E-state index in [9.17, 15) is 14.7 Å². The summed E-state index contributed by atoms with van der Waals surface area (Å²) in [6.45, 7) is 0. The summed E-state index contributed by atoms with van der Waals surface area (Å²) in [7, 11) is 1.60. The molecule has 1 aliphatic rings. The summed E-state index contributed by atoms with van der Waals surface area (Å²) in [4.78, 5) is 27.3. The van der Waals surface area contributed by atoms with Crippen molar-refractivity contribution in [2.75, 3.05) is 7.11 Å². The van der Waals surface area contributed by atoms with Crippen LogP contribution in [0.15, 0.2) is 96.0 Å². The number of ether oxygens (including phenoxy) is 1. The molecule has 1 N–H and O–H groups in total. The van der Waals surface area contributed by atoms with Crippen LogP contribution in [0.3, 0.4) is 0 Å². The molecular weight excluding hydrogens is 518 g/mol. The van der Waals surface area contributed by atoms with Crippen molar-refractivity contribution in [1.82, 2.24) is 14.7 Å². The lowest BCUT2D eigenvalue weighted by Crippen LogP contribution is -2.45. The number of thioether (sulfide) groups is 1. The molecule has 0 saturated carbocycles. The van der Waals surface area contributed by atoms with Crippen molar-refractivity contribution in [3.8, 4) is 22.7 Å². The largest absolute Gasteiger partial charge is 0.497 e. The molecule has 0 spiro atoms. The van der Waals surface area contributed by atoms with Crippen molar-refractivity contribution in [3.63, 3.8) is 0 Å². The molecule has 0 bridgehead atoms. The van der Waals surface area contributed by atoms with E-state index >= 15 is 0 Å². The third-order valence-electron chi connectivity index (χ3n) is 6.09. The molecule has 1 saturated heterocycles. The van der Waals surface area contributed by atoms with E-state index in [0.29, 0.717) is 21.9 Å². The maximum absolute atomic E-state index is 13.5. The van der Waals surface area contributed by atoms with E-state index in [1.165, 1.54) is 4.90 Å². The Bertz CT molecular complexity index is 1530. The minimum Gasteiger partial charge on any atom is -0.497 e. The van der Waals surface area contributed by atoms with Gasteiger partial charge in [-0.05, 0) is 35.9 Å². The summed E-state index contributed by atoms with van der Waals surface area (Å²) >= 11 is 6.58. The highest BCUT2D eigenvalue weighted by atomic mass is 32.2. The van der Waals surface area contributed by atoms with Crippen molar-refractivity contribution < 1.29 is 19.4 Å². The number of para-hydroxylation sites is 1. The van der Waals surface area contributed by atoms with E-state index in [-0.39, 0.29) is 10.7 Å². The van der Waals surface area contributed by atoms with Crippen LogP contribution >= 0.6 is 24.0 Å². The molecule has 3 aromatic carbocycles. The van der Waals surface area contributed by atoms with Gasteiger partial charge in [0.25, 0.3) is 5.91 Å². The molecule has 4 aromatic rings. The molecule has 1 amide bonds. The zero-order valence-electron chi connectivity index (χ0n) is 20.4. The number of amides is 1. The van der Waals surface area contributed by atoms with Crippen LogP contribution in [-0.4, -0.2) is 49.1 Å². The first-order valence-corrected chi connectivity index (χ1v) is 13.0. The fraction of sp³-hybridized carbons (Fsp3) is 0.103. The number of nitrogens with zero attached hydrogens (tertiary/aromatic N) is 3. The van der Waals surface area contributed by atoms with Crippen molar-refractivity contribution in [2.45, 2.75) is 12.5 Å². The van der Waals surface area contributed by atoms with Gasteiger partial charge in [-0.15, -0.1) is 0 Å². The molecular formula is C29H23N3O4S2. The number of thiocarbonyl (C=S) groups is 1. The Kier molecular flexibility index (Phi) is 7.39. The van der Waals surface area contributed by atoms with Crippen LogP contribution in [0, 0.1) is 0 Å². The average molecular weight is 542 g/mol. The molecule has 0 aliphatic carbocycles. The Morgan fingerprint density at radius 1 is 1.08 bits per heavy atom. The van der Waals surface area contributed by atoms with Gasteiger partial charge in [-0.3, -0.25) is 9.69 Å². The predicted molar refractivity (Wildman–Crippen MR) is 152 cm³/mol. The molecule has 0 unspecified atom stereocenters. The summed E-state index contributed by atoms with van der Waals surface area (Å²) in [6, 6.07) is 25.3. The number of rotatable bonds is 8. The molecule has 38 heavy (non-hydrogen) atoms. The van der Waals surface area contributed by atoms with E-state index in [1.54, 1.807) is 17.9 Å². The predicted octanol–water partition coefficient (Wildman–Crippen LogP) is 5.45. The normalized spacial score (nSPS) is 15.2. The van der Waals surface area contributed by atoms with E-state index in [2.05, 4.69) is 0 Å². The summed E-state index contributed by atoms with van der Waals surface area (Å²) in [5.74, 6) is -0.869. The molecule has 1 atom stereocenters. The lowest BCUT2D eigenvalue weighted by molar-refractivity contribution is -0.145. The van der Waals surface area contributed by atoms with E-state index < -0.39 is 17.9 Å². The van der Waals surface area contributed by atoms with Gasteiger partial charge in [0.2, 0.25) is 0 Å². The minimum atomic E-state index is -1.11. The number of benzene rings is 3. The summed E-state index contributed by atoms with van der Waals surface area (Å²) in [5, 5.41) is 14.8. The van der Waals surface area contributed by atoms with E-state index in [1.807, 2.05) is 91.1 Å². The SMILES string of the molecule is COc1cccc(-c2nn(-c3ccccc3)cc2/C=C2\SC(=S)N([C@H](Cc3ccccc3)C(=O)O)C2=O)c1. The van der Waals surface area contributed by atoms with Crippen LogP contribution in [0.1, 0.15) is 11.1 Å². The zero-order chi connectivity index (χ0) is 26.6. The molecule has 1 aromatic heterocycles. The quantitative estimate of drug-likeness (QED) is 0.235. The van der Waals surface area contributed by atoms with Crippen LogP contribution in [-0.2, 0) is 16.0 Å². The Labute approximate surface area is 229 Å². The standard InChI is InChI=1S/C29H23N3O4S2/c1-36-23-14-8-11-20(16-23)26-21(18-31(30-26)22-12-6-3-7-13-22)17-25-27(33)32(29(37)38-25)24(28(34)35)15-19-9-4-2-5-10-19/h2-14,16-18,24H,15H2,1H3,(H,34,35)/b25-17-/t24-/m1/s1. The van der Waals surface area contributed by atoms with Crippen molar-refractivity contribution >= 4 is 46.3 Å². The molecule has 0 radical (unpaired) electrons. The van der Waals surface area contributed by atoms with E-state index in [4.69, 9.17) is 22.1 Å². The Hall–Kier alpha value is -4.21. The van der Waals surface area contributed by atoms with Gasteiger partial charge >= 0.3 is 5.97 Å². The van der Waals surface area contributed by atoms with Crippen LogP contribution in [0.25, 0.3) is 23.0 Å². The second kappa shape index (κ2) is 11.0. The third-order valence-corrected chi connectivity index (χ3v) is 7.42. The molecule has 2 heterocycles. The fourth-order valence-electron chi connectivity index (χ4n) is 4.22. The zero-order valence-corrected chi connectivity index (χ0v) is 22.0. The number of carbonyl (C=O) groups is 2. The molecule has 190 valence electrons. The van der Waals surface area contributed by atoms with Gasteiger partial charge in [-0.2, -0.15) is 5.10 Å². The summed E-state index contributed by atoms with van der Waals surface area (Å²) in [6.07, 6.45) is 3.72. The Balaban J connectivity index is 1.54. The maximum atomic E-state index is 13.5. The second-order valence-electron chi connectivity index (χ2n) is 8.54. The van der Waals surface area contributed by atoms with Crippen LogP contribution in [0.5, 0.6) is 5.75 Å². The highest BCUT2D eigenvalue weighted by Gasteiger charge is 2.40. The third kappa shape index (κ3) is 5.25. The number of hydrogen-bond donors (Lipinski definition) is 1. The van der Waals surface area contributed by atoms with Gasteiger partial charge in [-0.25, -0.2) is 9.48 Å². The van der Waals surface area contributed by atoms with Gasteiger partial charge < -0.3 is 9.84 Å². The number of methoxy groups -OCH3 is 1. The highest BCUT2D eigenvalue weighted by molar-refractivity contribution is 8.26. The van der Waals surface area contributed by atoms with Gasteiger partial charge in [-0.1, -0.05) is 84.6 Å². The number of carbonyl (C=O) groups excluding carboxylic acids is 1. The van der Waals surface area contributed by atoms with Gasteiger partial charge in [0.15, 0.2) is 0 Å². The number of carboxylic acid groups (broad SMARTS) is 1. The summed E-state index contributed by atoms with van der Waals surface area (Å²) in [5.41, 5.74) is 3.82. The van der Waals surface area contributed by atoms with Crippen LogP contribution in [0.2, 0.25) is 0 Å². The topological polar surface area (TPSA) is 84.7 Å². The van der Waals surface area contributed by atoms with Crippen molar-refractivity contribution in [2.24, 2.45) is 0 Å². The lowest BCUT2D eigenvalue weighted by Gasteiger charge is -2.23. The number of hydrogen-bond acceptors (Lipinski definition) is 6. The lowest BCUT2D eigenvalue weighted by atomic mass is 10.0. The first kappa shape index (κ1) is 25.4. The molecule has 5 rings (SSSR count). The first-order valence-electron chi connectivity index (χ1n) is 11.8. The monoisotopic (exact) mass is 541 g/mol. The summed E-state index contributed by atoms with van der Waals surface area (Å²) < 4.78 is 7.35. The van der Waals surface area contributed by atoms with E-state index in [0.717, 1.165) is 28.6 Å². The van der Waals surface area contributed by atoms with Gasteiger partial charge in [0, 0.05) is 23.7 Å². The van der Waals surface area contributed by atoms with Crippen LogP contribution < -0.4 is 4.74 Å². The van der Waals surface area contributed by atoms with Gasteiger partial charge in [0.05, 0.1) is 17.7 Å². The molecule has 1 fully saturated rings. The van der Waals surface area contributed by atoms with Crippen molar-refractivity contribution in [1.29, 1.82) is 0 Å². The number of aliphatic carboxylic acids is 1. The number of carboxylic acids is 1. The Morgan fingerprint density at radius 3 is 2.47 bits per heavy atom. The Morgan fingerprint density at radius 2 is 1.79 bits per heavy atom. The second-order valence-corrected chi connectivity index (χ2v) is 10.2. The molecule has 9 heteroatoms. The minimum absolute atomic E-state index is 0.150. The highest BCUT2D eigenvalue weighted by Crippen LogP contribution is 2.37. The molecule has 7 nitrogen and oxygen atoms in total. The maximum Gasteiger partial charge on any atom is 0.327 e. The average Bonchev–Trinajstić information content (AvgIpc) is 3.48. The van der Waals surface area contributed by atoms with Crippen LogP contribution in [0.4, 0.5) is 0 Å².